The second-order valence-electron chi connectivity index (χ2n) is 6.35. The highest BCUT2D eigenvalue weighted by Gasteiger charge is 2.35. The zero-order valence-electron chi connectivity index (χ0n) is 11.6. The van der Waals surface area contributed by atoms with Gasteiger partial charge in [-0.3, -0.25) is 0 Å². The van der Waals surface area contributed by atoms with E-state index in [0.717, 1.165) is 19.4 Å². The summed E-state index contributed by atoms with van der Waals surface area (Å²) in [6.07, 6.45) is 1.53. The largest absolute Gasteiger partial charge is 0.390 e. The van der Waals surface area contributed by atoms with Gasteiger partial charge in [0.1, 0.15) is 0 Å². The molecule has 0 bridgehead atoms. The Bertz CT molecular complexity index is 366. The van der Waals surface area contributed by atoms with E-state index in [1.807, 2.05) is 6.07 Å². The van der Waals surface area contributed by atoms with Gasteiger partial charge in [-0.2, -0.15) is 0 Å². The van der Waals surface area contributed by atoms with Crippen LogP contribution in [0.3, 0.4) is 0 Å². The summed E-state index contributed by atoms with van der Waals surface area (Å²) in [6, 6.07) is 10.6. The zero-order valence-corrected chi connectivity index (χ0v) is 11.6. The highest BCUT2D eigenvalue weighted by Crippen LogP contribution is 2.35. The molecule has 2 rings (SSSR count). The Morgan fingerprint density at radius 3 is 2.50 bits per heavy atom. The van der Waals surface area contributed by atoms with E-state index >= 15 is 0 Å². The van der Waals surface area contributed by atoms with E-state index in [1.165, 1.54) is 5.56 Å². The maximum absolute atomic E-state index is 10.4. The summed E-state index contributed by atoms with van der Waals surface area (Å²) in [5.74, 6) is 0.516. The SMILES string of the molecule is CC(C)(C)[C@H](O)[C@H]1C[C@H](c2ccccc2)CCO1. The van der Waals surface area contributed by atoms with Gasteiger partial charge in [0.25, 0.3) is 0 Å². The van der Waals surface area contributed by atoms with Crippen molar-refractivity contribution in [2.45, 2.75) is 51.7 Å². The minimum atomic E-state index is -0.399. The molecule has 0 aromatic heterocycles. The van der Waals surface area contributed by atoms with E-state index in [0.29, 0.717) is 5.92 Å². The number of hydrogen-bond donors (Lipinski definition) is 1. The van der Waals surface area contributed by atoms with Crippen molar-refractivity contribution >= 4 is 0 Å². The molecule has 1 aliphatic heterocycles. The summed E-state index contributed by atoms with van der Waals surface area (Å²) in [5, 5.41) is 10.4. The zero-order chi connectivity index (χ0) is 13.2. The van der Waals surface area contributed by atoms with Crippen molar-refractivity contribution in [3.8, 4) is 0 Å². The maximum atomic E-state index is 10.4. The third-order valence-electron chi connectivity index (χ3n) is 3.83. The summed E-state index contributed by atoms with van der Waals surface area (Å²) in [6.45, 7) is 6.94. The molecule has 0 unspecified atom stereocenters. The number of aliphatic hydroxyl groups is 1. The quantitative estimate of drug-likeness (QED) is 0.869. The Labute approximate surface area is 110 Å². The average Bonchev–Trinajstić information content (AvgIpc) is 2.38. The van der Waals surface area contributed by atoms with Crippen LogP contribution in [0.2, 0.25) is 0 Å². The molecule has 1 heterocycles. The van der Waals surface area contributed by atoms with Gasteiger partial charge in [-0.15, -0.1) is 0 Å². The van der Waals surface area contributed by atoms with Gasteiger partial charge in [-0.1, -0.05) is 51.1 Å². The van der Waals surface area contributed by atoms with Crippen molar-refractivity contribution < 1.29 is 9.84 Å². The summed E-state index contributed by atoms with van der Waals surface area (Å²) < 4.78 is 5.77. The van der Waals surface area contributed by atoms with E-state index in [2.05, 4.69) is 45.0 Å². The minimum Gasteiger partial charge on any atom is -0.390 e. The summed E-state index contributed by atoms with van der Waals surface area (Å²) in [5.41, 5.74) is 1.25. The number of benzene rings is 1. The van der Waals surface area contributed by atoms with Crippen LogP contribution in [0.5, 0.6) is 0 Å². The van der Waals surface area contributed by atoms with Gasteiger partial charge in [0.2, 0.25) is 0 Å². The molecule has 1 fully saturated rings. The lowest BCUT2D eigenvalue weighted by molar-refractivity contribution is -0.105. The van der Waals surface area contributed by atoms with Crippen LogP contribution >= 0.6 is 0 Å². The molecule has 2 heteroatoms. The Morgan fingerprint density at radius 1 is 1.22 bits per heavy atom. The molecule has 0 aliphatic carbocycles. The van der Waals surface area contributed by atoms with Gasteiger partial charge in [-0.05, 0) is 29.7 Å². The first kappa shape index (κ1) is 13.6. The molecule has 2 nitrogen and oxygen atoms in total. The third kappa shape index (κ3) is 3.12. The monoisotopic (exact) mass is 248 g/mol. The molecule has 1 aromatic carbocycles. The van der Waals surface area contributed by atoms with Crippen molar-refractivity contribution in [1.29, 1.82) is 0 Å². The molecule has 1 N–H and O–H groups in total. The van der Waals surface area contributed by atoms with E-state index < -0.39 is 6.10 Å². The Kier molecular flexibility index (Phi) is 4.08. The van der Waals surface area contributed by atoms with Gasteiger partial charge < -0.3 is 9.84 Å². The van der Waals surface area contributed by atoms with Crippen molar-refractivity contribution in [3.63, 3.8) is 0 Å². The van der Waals surface area contributed by atoms with Crippen LogP contribution < -0.4 is 0 Å². The molecule has 0 amide bonds. The van der Waals surface area contributed by atoms with Crippen LogP contribution in [0.25, 0.3) is 0 Å². The van der Waals surface area contributed by atoms with E-state index in [9.17, 15) is 5.11 Å². The van der Waals surface area contributed by atoms with Crippen molar-refractivity contribution in [3.05, 3.63) is 35.9 Å². The Morgan fingerprint density at radius 2 is 1.89 bits per heavy atom. The fourth-order valence-electron chi connectivity index (χ4n) is 2.63. The smallest absolute Gasteiger partial charge is 0.0850 e. The number of hydrogen-bond acceptors (Lipinski definition) is 2. The molecule has 3 atom stereocenters. The molecule has 0 spiro atoms. The van der Waals surface area contributed by atoms with Crippen LogP contribution in [0.15, 0.2) is 30.3 Å². The molecule has 1 aliphatic rings. The van der Waals surface area contributed by atoms with Gasteiger partial charge in [0, 0.05) is 6.61 Å². The van der Waals surface area contributed by atoms with E-state index in [-0.39, 0.29) is 11.5 Å². The number of ether oxygens (including phenoxy) is 1. The van der Waals surface area contributed by atoms with E-state index in [4.69, 9.17) is 4.74 Å². The van der Waals surface area contributed by atoms with Crippen molar-refractivity contribution in [1.82, 2.24) is 0 Å². The normalized spacial score (nSPS) is 26.9. The first-order valence-corrected chi connectivity index (χ1v) is 6.83. The van der Waals surface area contributed by atoms with Crippen LogP contribution in [0.4, 0.5) is 0 Å². The summed E-state index contributed by atoms with van der Waals surface area (Å²) in [7, 11) is 0. The lowest BCUT2D eigenvalue weighted by Gasteiger charge is -2.38. The maximum Gasteiger partial charge on any atom is 0.0850 e. The summed E-state index contributed by atoms with van der Waals surface area (Å²) in [4.78, 5) is 0. The molecular weight excluding hydrogens is 224 g/mol. The van der Waals surface area contributed by atoms with Gasteiger partial charge in [0.15, 0.2) is 0 Å². The fourth-order valence-corrected chi connectivity index (χ4v) is 2.63. The average molecular weight is 248 g/mol. The van der Waals surface area contributed by atoms with Crippen LogP contribution in [-0.4, -0.2) is 23.9 Å². The number of aliphatic hydroxyl groups excluding tert-OH is 1. The molecule has 1 saturated heterocycles. The number of rotatable bonds is 2. The van der Waals surface area contributed by atoms with Gasteiger partial charge in [-0.25, -0.2) is 0 Å². The third-order valence-corrected chi connectivity index (χ3v) is 3.83. The van der Waals surface area contributed by atoms with E-state index in [1.54, 1.807) is 0 Å². The standard InChI is InChI=1S/C16H24O2/c1-16(2,3)15(17)14-11-13(9-10-18-14)12-7-5-4-6-8-12/h4-8,13-15,17H,9-11H2,1-3H3/t13-,14-,15-/m1/s1. The lowest BCUT2D eigenvalue weighted by atomic mass is 9.79. The molecule has 18 heavy (non-hydrogen) atoms. The van der Waals surface area contributed by atoms with Crippen LogP contribution in [0, 0.1) is 5.41 Å². The van der Waals surface area contributed by atoms with Crippen LogP contribution in [-0.2, 0) is 4.74 Å². The summed E-state index contributed by atoms with van der Waals surface area (Å²) >= 11 is 0. The molecule has 0 radical (unpaired) electrons. The molecule has 100 valence electrons. The Hall–Kier alpha value is -0.860. The second kappa shape index (κ2) is 5.41. The fraction of sp³-hybridized carbons (Fsp3) is 0.625. The van der Waals surface area contributed by atoms with Gasteiger partial charge in [0.05, 0.1) is 12.2 Å². The second-order valence-corrected chi connectivity index (χ2v) is 6.35. The lowest BCUT2D eigenvalue weighted by Crippen LogP contribution is -2.42. The highest BCUT2D eigenvalue weighted by molar-refractivity contribution is 5.20. The molecule has 0 saturated carbocycles. The van der Waals surface area contributed by atoms with Crippen molar-refractivity contribution in [2.75, 3.05) is 6.61 Å². The van der Waals surface area contributed by atoms with Crippen molar-refractivity contribution in [2.24, 2.45) is 5.41 Å². The predicted octanol–water partition coefficient (Wildman–Crippen LogP) is 3.36. The van der Waals surface area contributed by atoms with Gasteiger partial charge >= 0.3 is 0 Å². The topological polar surface area (TPSA) is 29.5 Å². The molecule has 1 aromatic rings. The minimum absolute atomic E-state index is 0.0380. The van der Waals surface area contributed by atoms with Crippen LogP contribution in [0.1, 0.15) is 45.1 Å². The highest BCUT2D eigenvalue weighted by atomic mass is 16.5. The predicted molar refractivity (Wildman–Crippen MR) is 73.6 cm³/mol. The first-order chi connectivity index (χ1) is 8.48. The molecular formula is C16H24O2. The Balaban J connectivity index is 2.05. The first-order valence-electron chi connectivity index (χ1n) is 6.83.